The zero-order valence-electron chi connectivity index (χ0n) is 18.2. The fourth-order valence-corrected chi connectivity index (χ4v) is 0.735. The van der Waals surface area contributed by atoms with Gasteiger partial charge in [-0.1, -0.05) is 92.4 Å². The average molecular weight is 458 g/mol. The molecular weight excluding hydrogens is 411 g/mol. The van der Waals surface area contributed by atoms with Crippen LogP contribution in [0.4, 0.5) is 0 Å². The van der Waals surface area contributed by atoms with Crippen molar-refractivity contribution in [3.8, 4) is 0 Å². The normalized spacial score (nSPS) is 8.08. The third kappa shape index (κ3) is 121. The molecule has 160 valence electrons. The number of unbranched alkanes of at least 4 members (excludes halogenated alkanes) is 5. The molecule has 0 aliphatic heterocycles. The molecule has 1 N–H and O–H groups in total. The summed E-state index contributed by atoms with van der Waals surface area (Å²) in [7, 11) is 0. The molecule has 0 aliphatic rings. The SMILES string of the molecule is CCCCO.CCCC[O-].CCCC[O-].CCCC[O-].CCCC[O-].[Zr+4]. The molecule has 0 bridgehead atoms. The topological polar surface area (TPSA) is 112 Å². The summed E-state index contributed by atoms with van der Waals surface area (Å²) >= 11 is 0. The monoisotopic (exact) mass is 456 g/mol. The Morgan fingerprint density at radius 2 is 0.654 bits per heavy atom. The van der Waals surface area contributed by atoms with Gasteiger partial charge in [-0.15, -0.1) is 26.4 Å². The van der Waals surface area contributed by atoms with E-state index in [9.17, 15) is 20.4 Å². The van der Waals surface area contributed by atoms with Gasteiger partial charge in [-0.05, 0) is 6.42 Å². The van der Waals surface area contributed by atoms with Crippen LogP contribution in [0.1, 0.15) is 98.8 Å². The largest absolute Gasteiger partial charge is 4.00 e. The predicted octanol–water partition coefficient (Wildman–Crippen LogP) is 1.36. The molecule has 0 spiro atoms. The molecule has 0 aromatic carbocycles. The van der Waals surface area contributed by atoms with Crippen LogP contribution in [0, 0.1) is 0 Å². The van der Waals surface area contributed by atoms with Crippen LogP contribution in [0.25, 0.3) is 0 Å². The molecule has 0 rings (SSSR count). The van der Waals surface area contributed by atoms with Crippen molar-refractivity contribution in [2.75, 3.05) is 33.0 Å². The number of aliphatic hydroxyl groups is 1. The van der Waals surface area contributed by atoms with Gasteiger partial charge in [-0.2, -0.15) is 0 Å². The van der Waals surface area contributed by atoms with Gasteiger partial charge in [0.05, 0.1) is 0 Å². The van der Waals surface area contributed by atoms with Gasteiger partial charge >= 0.3 is 26.2 Å². The van der Waals surface area contributed by atoms with Crippen LogP contribution in [0.3, 0.4) is 0 Å². The van der Waals surface area contributed by atoms with Crippen LogP contribution >= 0.6 is 0 Å². The van der Waals surface area contributed by atoms with Gasteiger partial charge in [-0.3, -0.25) is 0 Å². The molecule has 0 saturated carbocycles. The van der Waals surface area contributed by atoms with Gasteiger partial charge in [0.2, 0.25) is 0 Å². The second kappa shape index (κ2) is 63.6. The number of hydrogen-bond acceptors (Lipinski definition) is 5. The van der Waals surface area contributed by atoms with E-state index in [4.69, 9.17) is 5.11 Å². The summed E-state index contributed by atoms with van der Waals surface area (Å²) in [4.78, 5) is 0. The molecule has 0 saturated heterocycles. The summed E-state index contributed by atoms with van der Waals surface area (Å²) < 4.78 is 0. The minimum Gasteiger partial charge on any atom is -0.854 e. The number of aliphatic hydroxyl groups excluding tert-OH is 1. The Hall–Kier alpha value is 0.683. The van der Waals surface area contributed by atoms with Crippen LogP contribution in [-0.2, 0) is 26.2 Å². The minimum atomic E-state index is 0. The Morgan fingerprint density at radius 3 is 0.654 bits per heavy atom. The standard InChI is InChI=1S/C4H10O.4C4H9O.Zr/c5*1-2-3-4-5;/h5H,2-4H2,1H3;4*2-4H2,1H3;/q;4*-1;+4. The van der Waals surface area contributed by atoms with Crippen molar-refractivity contribution in [2.45, 2.75) is 98.8 Å². The van der Waals surface area contributed by atoms with E-state index in [1.165, 1.54) is 0 Å². The van der Waals surface area contributed by atoms with E-state index in [-0.39, 0.29) is 52.6 Å². The van der Waals surface area contributed by atoms with Crippen molar-refractivity contribution in [3.05, 3.63) is 0 Å². The van der Waals surface area contributed by atoms with Crippen LogP contribution < -0.4 is 20.4 Å². The summed E-state index contributed by atoms with van der Waals surface area (Å²) in [6, 6.07) is 0. The van der Waals surface area contributed by atoms with E-state index in [1.54, 1.807) is 0 Å². The fraction of sp³-hybridized carbons (Fsp3) is 1.00. The molecule has 0 unspecified atom stereocenters. The third-order valence-corrected chi connectivity index (χ3v) is 2.50. The second-order valence-electron chi connectivity index (χ2n) is 5.31. The van der Waals surface area contributed by atoms with E-state index in [2.05, 4.69) is 6.92 Å². The first-order valence-electron chi connectivity index (χ1n) is 10.0. The smallest absolute Gasteiger partial charge is 0.854 e. The van der Waals surface area contributed by atoms with Crippen molar-refractivity contribution in [1.29, 1.82) is 0 Å². The molecule has 0 heterocycles. The van der Waals surface area contributed by atoms with Crippen LogP contribution in [0.15, 0.2) is 0 Å². The van der Waals surface area contributed by atoms with Crippen molar-refractivity contribution in [2.24, 2.45) is 0 Å². The van der Waals surface area contributed by atoms with Crippen LogP contribution in [-0.4, -0.2) is 38.1 Å². The zero-order chi connectivity index (χ0) is 20.6. The summed E-state index contributed by atoms with van der Waals surface area (Å²) in [6.07, 6.45) is 9.50. The van der Waals surface area contributed by atoms with Crippen molar-refractivity contribution >= 4 is 0 Å². The summed E-state index contributed by atoms with van der Waals surface area (Å²) in [5.74, 6) is 0. The fourth-order valence-electron chi connectivity index (χ4n) is 0.735. The maximum atomic E-state index is 9.53. The van der Waals surface area contributed by atoms with E-state index in [0.717, 1.165) is 64.2 Å². The molecule has 0 fully saturated rings. The molecule has 6 heteroatoms. The van der Waals surface area contributed by atoms with Crippen LogP contribution in [0.5, 0.6) is 0 Å². The van der Waals surface area contributed by atoms with Gasteiger partial charge < -0.3 is 25.5 Å². The summed E-state index contributed by atoms with van der Waals surface area (Å²) in [6.45, 7) is 10.8. The van der Waals surface area contributed by atoms with Gasteiger partial charge in [-0.25, -0.2) is 0 Å². The molecule has 0 radical (unpaired) electrons. The first-order valence-corrected chi connectivity index (χ1v) is 10.0. The Morgan fingerprint density at radius 1 is 0.462 bits per heavy atom. The van der Waals surface area contributed by atoms with Crippen molar-refractivity contribution < 1.29 is 51.7 Å². The summed E-state index contributed by atoms with van der Waals surface area (Å²) in [5.41, 5.74) is 0. The molecular formula is C20H46O5Zr. The third-order valence-electron chi connectivity index (χ3n) is 2.50. The molecule has 0 atom stereocenters. The molecule has 0 aromatic rings. The van der Waals surface area contributed by atoms with Gasteiger partial charge in [0.1, 0.15) is 0 Å². The molecule has 5 nitrogen and oxygen atoms in total. The second-order valence-corrected chi connectivity index (χ2v) is 5.31. The Kier molecular flexibility index (Phi) is 101. The van der Waals surface area contributed by atoms with E-state index < -0.39 is 0 Å². The van der Waals surface area contributed by atoms with Gasteiger partial charge in [0.15, 0.2) is 0 Å². The Bertz CT molecular complexity index is 96.5. The Labute approximate surface area is 183 Å². The van der Waals surface area contributed by atoms with E-state index >= 15 is 0 Å². The summed E-state index contributed by atoms with van der Waals surface area (Å²) in [5, 5.41) is 46.2. The van der Waals surface area contributed by atoms with Gasteiger partial charge in [0.25, 0.3) is 0 Å². The Balaban J connectivity index is -0.0000000476. The quantitative estimate of drug-likeness (QED) is 0.532. The first-order chi connectivity index (χ1) is 12.1. The molecule has 0 aromatic heterocycles. The van der Waals surface area contributed by atoms with Crippen molar-refractivity contribution in [1.82, 2.24) is 0 Å². The molecule has 0 aliphatic carbocycles. The molecule has 26 heavy (non-hydrogen) atoms. The van der Waals surface area contributed by atoms with E-state index in [1.807, 2.05) is 27.7 Å². The maximum absolute atomic E-state index is 9.53. The zero-order valence-corrected chi connectivity index (χ0v) is 20.6. The van der Waals surface area contributed by atoms with Crippen LogP contribution in [0.2, 0.25) is 0 Å². The first kappa shape index (κ1) is 41.1. The number of rotatable bonds is 10. The minimum absolute atomic E-state index is 0. The maximum Gasteiger partial charge on any atom is 4.00 e. The number of hydrogen-bond donors (Lipinski definition) is 1. The van der Waals surface area contributed by atoms with Crippen molar-refractivity contribution in [3.63, 3.8) is 0 Å². The average Bonchev–Trinajstić information content (AvgIpc) is 2.61. The van der Waals surface area contributed by atoms with Gasteiger partial charge in [0, 0.05) is 6.61 Å². The van der Waals surface area contributed by atoms with E-state index in [0.29, 0.717) is 6.61 Å². The predicted molar refractivity (Wildman–Crippen MR) is 101 cm³/mol. The molecule has 0 amide bonds.